The van der Waals surface area contributed by atoms with Crippen molar-refractivity contribution in [2.75, 3.05) is 0 Å². The van der Waals surface area contributed by atoms with E-state index >= 15 is 0 Å². The Hall–Kier alpha value is -1.54. The van der Waals surface area contributed by atoms with E-state index in [4.69, 9.17) is 22.2 Å². The van der Waals surface area contributed by atoms with Crippen LogP contribution < -0.4 is 5.19 Å². The van der Waals surface area contributed by atoms with Gasteiger partial charge in [0.1, 0.15) is 0 Å². The van der Waals surface area contributed by atoms with Crippen molar-refractivity contribution >= 4 is 34.8 Å². The van der Waals surface area contributed by atoms with E-state index in [9.17, 15) is 0 Å². The second-order valence-corrected chi connectivity index (χ2v) is 9.40. The molecule has 0 saturated heterocycles. The van der Waals surface area contributed by atoms with Crippen molar-refractivity contribution in [1.29, 1.82) is 0 Å². The molecular weight excluding hydrogens is 339 g/mol. The Bertz CT molecular complexity index is 702. The molecule has 0 saturated carbocycles. The molecule has 0 heterocycles. The number of benzene rings is 3. The van der Waals surface area contributed by atoms with Gasteiger partial charge >= 0.3 is 7.42 Å². The summed E-state index contributed by atoms with van der Waals surface area (Å²) in [4.78, 5) is 0. The van der Waals surface area contributed by atoms with Crippen molar-refractivity contribution in [3.05, 3.63) is 102 Å². The largest absolute Gasteiger partial charge is 0.307 e. The zero-order chi connectivity index (χ0) is 16.1. The Morgan fingerprint density at radius 2 is 1.13 bits per heavy atom. The van der Waals surface area contributed by atoms with Crippen LogP contribution in [0, 0.1) is 0 Å². The highest BCUT2D eigenvalue weighted by Gasteiger charge is 2.19. The first-order valence-electron chi connectivity index (χ1n) is 7.62. The SMILES string of the molecule is Cl[Si](Cl)c1ccccc1CC(c1ccccc1)c1ccccc1. The molecule has 0 atom stereocenters. The Balaban J connectivity index is 2.01. The van der Waals surface area contributed by atoms with Gasteiger partial charge in [0.25, 0.3) is 0 Å². The average Bonchev–Trinajstić information content (AvgIpc) is 2.61. The molecule has 3 rings (SSSR count). The third kappa shape index (κ3) is 4.05. The highest BCUT2D eigenvalue weighted by Crippen LogP contribution is 2.28. The van der Waals surface area contributed by atoms with Crippen LogP contribution in [-0.2, 0) is 6.42 Å². The third-order valence-electron chi connectivity index (χ3n) is 4.05. The summed E-state index contributed by atoms with van der Waals surface area (Å²) in [6.07, 6.45) is 0.901. The molecule has 23 heavy (non-hydrogen) atoms. The summed E-state index contributed by atoms with van der Waals surface area (Å²) in [6, 6.07) is 29.5. The van der Waals surface area contributed by atoms with Gasteiger partial charge in [-0.3, -0.25) is 0 Å². The zero-order valence-electron chi connectivity index (χ0n) is 12.6. The lowest BCUT2D eigenvalue weighted by Crippen LogP contribution is -2.24. The van der Waals surface area contributed by atoms with E-state index < -0.39 is 7.42 Å². The number of hydrogen-bond donors (Lipinski definition) is 0. The van der Waals surface area contributed by atoms with Crippen molar-refractivity contribution < 1.29 is 0 Å². The molecule has 0 N–H and O–H groups in total. The molecule has 0 aliphatic carbocycles. The van der Waals surface area contributed by atoms with Gasteiger partial charge in [-0.1, -0.05) is 84.9 Å². The Morgan fingerprint density at radius 1 is 0.652 bits per heavy atom. The fourth-order valence-corrected chi connectivity index (χ4v) is 4.66. The molecule has 0 aliphatic rings. The van der Waals surface area contributed by atoms with Gasteiger partial charge in [-0.25, -0.2) is 0 Å². The molecule has 0 aromatic heterocycles. The minimum absolute atomic E-state index is 0.299. The molecule has 0 unspecified atom stereocenters. The van der Waals surface area contributed by atoms with Gasteiger partial charge in [-0.05, 0) is 28.3 Å². The minimum Gasteiger partial charge on any atom is -0.140 e. The van der Waals surface area contributed by atoms with E-state index in [1.54, 1.807) is 0 Å². The predicted octanol–water partition coefficient (Wildman–Crippen LogP) is 5.23. The van der Waals surface area contributed by atoms with E-state index in [0.717, 1.165) is 11.6 Å². The molecule has 0 nitrogen and oxygen atoms in total. The van der Waals surface area contributed by atoms with Crippen LogP contribution in [0.2, 0.25) is 0 Å². The van der Waals surface area contributed by atoms with Crippen LogP contribution in [0.5, 0.6) is 0 Å². The average molecular weight is 356 g/mol. The van der Waals surface area contributed by atoms with Gasteiger partial charge in [0.15, 0.2) is 0 Å². The maximum atomic E-state index is 6.25. The van der Waals surface area contributed by atoms with Crippen LogP contribution in [0.3, 0.4) is 0 Å². The highest BCUT2D eigenvalue weighted by molar-refractivity contribution is 7.39. The predicted molar refractivity (Wildman–Crippen MR) is 102 cm³/mol. The van der Waals surface area contributed by atoms with Crippen molar-refractivity contribution in [2.24, 2.45) is 0 Å². The monoisotopic (exact) mass is 355 g/mol. The molecule has 0 fully saturated rings. The van der Waals surface area contributed by atoms with E-state index in [2.05, 4.69) is 78.9 Å². The third-order valence-corrected chi connectivity index (χ3v) is 6.17. The molecule has 1 radical (unpaired) electrons. The smallest absolute Gasteiger partial charge is 0.140 e. The molecule has 0 aliphatic heterocycles. The Morgan fingerprint density at radius 3 is 1.65 bits per heavy atom. The van der Waals surface area contributed by atoms with Gasteiger partial charge in [0.2, 0.25) is 0 Å². The van der Waals surface area contributed by atoms with Gasteiger partial charge in [0.05, 0.1) is 0 Å². The first kappa shape index (κ1) is 16.3. The van der Waals surface area contributed by atoms with Crippen LogP contribution in [0.25, 0.3) is 0 Å². The van der Waals surface area contributed by atoms with E-state index in [-0.39, 0.29) is 0 Å². The van der Waals surface area contributed by atoms with Crippen LogP contribution in [0.15, 0.2) is 84.9 Å². The maximum Gasteiger partial charge on any atom is 0.307 e. The normalized spacial score (nSPS) is 11.1. The van der Waals surface area contributed by atoms with Crippen molar-refractivity contribution in [3.63, 3.8) is 0 Å². The van der Waals surface area contributed by atoms with Gasteiger partial charge in [0, 0.05) is 5.92 Å². The van der Waals surface area contributed by atoms with E-state index in [1.165, 1.54) is 16.7 Å². The summed E-state index contributed by atoms with van der Waals surface area (Å²) < 4.78 is 0. The molecule has 0 amide bonds. The first-order valence-corrected chi connectivity index (χ1v) is 11.1. The fraction of sp³-hybridized carbons (Fsp3) is 0.100. The van der Waals surface area contributed by atoms with Crippen LogP contribution >= 0.6 is 22.2 Å². The number of hydrogen-bond acceptors (Lipinski definition) is 0. The summed E-state index contributed by atoms with van der Waals surface area (Å²) >= 11 is 12.5. The van der Waals surface area contributed by atoms with Crippen molar-refractivity contribution in [3.8, 4) is 0 Å². The summed E-state index contributed by atoms with van der Waals surface area (Å²) in [7, 11) is -1.51. The van der Waals surface area contributed by atoms with Crippen LogP contribution in [-0.4, -0.2) is 7.42 Å². The fourth-order valence-electron chi connectivity index (χ4n) is 2.90. The quantitative estimate of drug-likeness (QED) is 0.434. The van der Waals surface area contributed by atoms with Crippen LogP contribution in [0.4, 0.5) is 0 Å². The number of halogens is 2. The summed E-state index contributed by atoms with van der Waals surface area (Å²) in [5.41, 5.74) is 3.86. The first-order chi connectivity index (χ1) is 11.3. The van der Waals surface area contributed by atoms with E-state index in [1.807, 2.05) is 6.07 Å². The van der Waals surface area contributed by atoms with Crippen molar-refractivity contribution in [1.82, 2.24) is 0 Å². The molecule has 3 heteroatoms. The molecule has 3 aromatic carbocycles. The molecule has 3 aromatic rings. The van der Waals surface area contributed by atoms with Gasteiger partial charge < -0.3 is 0 Å². The molecule has 0 spiro atoms. The lowest BCUT2D eigenvalue weighted by molar-refractivity contribution is 0.808. The summed E-state index contributed by atoms with van der Waals surface area (Å²) in [6.45, 7) is 0. The second-order valence-electron chi connectivity index (χ2n) is 5.50. The van der Waals surface area contributed by atoms with Crippen LogP contribution in [0.1, 0.15) is 22.6 Å². The number of rotatable bonds is 5. The van der Waals surface area contributed by atoms with E-state index in [0.29, 0.717) is 5.92 Å². The second kappa shape index (κ2) is 7.83. The Kier molecular flexibility index (Phi) is 5.55. The van der Waals surface area contributed by atoms with Gasteiger partial charge in [-0.2, -0.15) is 0 Å². The highest BCUT2D eigenvalue weighted by atomic mass is 35.7. The lowest BCUT2D eigenvalue weighted by atomic mass is 9.86. The molecule has 115 valence electrons. The summed E-state index contributed by atoms with van der Waals surface area (Å²) in [5, 5.41) is 1.10. The zero-order valence-corrected chi connectivity index (χ0v) is 15.1. The maximum absolute atomic E-state index is 6.25. The Labute approximate surface area is 148 Å². The van der Waals surface area contributed by atoms with Gasteiger partial charge in [-0.15, -0.1) is 22.2 Å². The molecule has 0 bridgehead atoms. The summed E-state index contributed by atoms with van der Waals surface area (Å²) in [5.74, 6) is 0.299. The molecular formula is C20H17Cl2Si. The lowest BCUT2D eigenvalue weighted by Gasteiger charge is -2.20. The van der Waals surface area contributed by atoms with Crippen molar-refractivity contribution in [2.45, 2.75) is 12.3 Å². The standard InChI is InChI=1S/C20H17Cl2Si/c21-23(22)20-14-8-7-13-18(20)15-19(16-9-3-1-4-10-16)17-11-5-2-6-12-17/h1-14,19H,15H2. The topological polar surface area (TPSA) is 0 Å². The minimum atomic E-state index is -1.51.